The van der Waals surface area contributed by atoms with Gasteiger partial charge in [-0.05, 0) is 43.7 Å². The minimum Gasteiger partial charge on any atom is -0.493 e. The Labute approximate surface area is 188 Å². The smallest absolute Gasteiger partial charge is 0.161 e. The zero-order valence-corrected chi connectivity index (χ0v) is 18.6. The van der Waals surface area contributed by atoms with E-state index in [0.29, 0.717) is 23.3 Å². The molecule has 0 unspecified atom stereocenters. The highest BCUT2D eigenvalue weighted by Crippen LogP contribution is 2.39. The zero-order valence-electron chi connectivity index (χ0n) is 18.6. The van der Waals surface area contributed by atoms with E-state index in [4.69, 9.17) is 14.0 Å². The van der Waals surface area contributed by atoms with Gasteiger partial charge in [0.25, 0.3) is 0 Å². The molecule has 0 bridgehead atoms. The van der Waals surface area contributed by atoms with Crippen LogP contribution in [0.15, 0.2) is 59.1 Å². The molecule has 1 aliphatic heterocycles. The van der Waals surface area contributed by atoms with Crippen molar-refractivity contribution >= 4 is 0 Å². The van der Waals surface area contributed by atoms with Gasteiger partial charge >= 0.3 is 0 Å². The molecule has 1 saturated heterocycles. The van der Waals surface area contributed by atoms with Gasteiger partial charge in [-0.1, -0.05) is 47.1 Å². The van der Waals surface area contributed by atoms with Crippen LogP contribution in [0.4, 0.5) is 0 Å². The van der Waals surface area contributed by atoms with E-state index in [1.807, 2.05) is 30.3 Å². The number of hydrogen-bond donors (Lipinski definition) is 1. The number of aliphatic hydroxyl groups is 1. The molecule has 6 nitrogen and oxygen atoms in total. The number of nitrogens with zero attached hydrogens (tertiary/aromatic N) is 2. The molecule has 1 aromatic heterocycles. The first-order chi connectivity index (χ1) is 15.6. The van der Waals surface area contributed by atoms with Crippen molar-refractivity contribution in [3.8, 4) is 22.8 Å². The Balaban J connectivity index is 1.21. The molecule has 0 spiro atoms. The quantitative estimate of drug-likeness (QED) is 0.624. The van der Waals surface area contributed by atoms with Crippen molar-refractivity contribution in [1.82, 2.24) is 10.1 Å². The number of para-hydroxylation sites is 2. The number of likely N-dealkylation sites (tertiary alicyclic amines) is 1. The van der Waals surface area contributed by atoms with Gasteiger partial charge in [0.05, 0.1) is 19.8 Å². The van der Waals surface area contributed by atoms with Gasteiger partial charge < -0.3 is 19.1 Å². The van der Waals surface area contributed by atoms with Crippen LogP contribution < -0.4 is 9.47 Å². The Kier molecular flexibility index (Phi) is 5.89. The topological polar surface area (TPSA) is 68.0 Å². The molecule has 2 aliphatic rings. The van der Waals surface area contributed by atoms with Crippen LogP contribution in [-0.2, 0) is 6.54 Å². The molecule has 32 heavy (non-hydrogen) atoms. The second-order valence-electron chi connectivity index (χ2n) is 9.10. The van der Waals surface area contributed by atoms with E-state index in [0.717, 1.165) is 49.5 Å². The number of aliphatic hydroxyl groups excluding tert-OH is 1. The van der Waals surface area contributed by atoms with E-state index in [1.54, 1.807) is 7.11 Å². The van der Waals surface area contributed by atoms with E-state index in [-0.39, 0.29) is 6.10 Å². The molecule has 2 aromatic carbocycles. The molecule has 4 atom stereocenters. The number of fused-ring (bicyclic) bond motifs is 1. The predicted octanol–water partition coefficient (Wildman–Crippen LogP) is 4.31. The lowest BCUT2D eigenvalue weighted by Gasteiger charge is -2.35. The maximum atomic E-state index is 10.8. The zero-order chi connectivity index (χ0) is 22.1. The Bertz CT molecular complexity index is 1050. The van der Waals surface area contributed by atoms with Crippen molar-refractivity contribution in [3.05, 3.63) is 65.9 Å². The van der Waals surface area contributed by atoms with E-state index >= 15 is 0 Å². The molecule has 3 aromatic rings. The normalized spacial score (nSPS) is 25.5. The van der Waals surface area contributed by atoms with Crippen molar-refractivity contribution in [2.45, 2.75) is 38.5 Å². The highest BCUT2D eigenvalue weighted by molar-refractivity contribution is 5.59. The minimum atomic E-state index is -0.473. The van der Waals surface area contributed by atoms with Crippen LogP contribution in [0, 0.1) is 18.8 Å². The van der Waals surface area contributed by atoms with Crippen molar-refractivity contribution in [2.24, 2.45) is 11.8 Å². The summed E-state index contributed by atoms with van der Waals surface area (Å²) in [4.78, 5) is 2.41. The van der Waals surface area contributed by atoms with E-state index in [2.05, 4.69) is 41.2 Å². The molecular weight excluding hydrogens is 404 g/mol. The molecule has 2 heterocycles. The summed E-state index contributed by atoms with van der Waals surface area (Å²) in [6.45, 7) is 4.75. The minimum absolute atomic E-state index is 0.217. The van der Waals surface area contributed by atoms with Gasteiger partial charge in [0, 0.05) is 24.7 Å². The van der Waals surface area contributed by atoms with Crippen LogP contribution in [0.2, 0.25) is 0 Å². The fourth-order valence-corrected chi connectivity index (χ4v) is 5.09. The van der Waals surface area contributed by atoms with E-state index in [1.165, 1.54) is 5.56 Å². The van der Waals surface area contributed by atoms with Crippen LogP contribution in [0.5, 0.6) is 11.5 Å². The molecule has 1 aliphatic carbocycles. The molecule has 0 radical (unpaired) electrons. The third kappa shape index (κ3) is 4.38. The van der Waals surface area contributed by atoms with Crippen LogP contribution in [0.1, 0.15) is 24.2 Å². The molecule has 6 heteroatoms. The number of ether oxygens (including phenoxy) is 2. The second-order valence-corrected chi connectivity index (χ2v) is 9.10. The van der Waals surface area contributed by atoms with Gasteiger partial charge in [-0.25, -0.2) is 0 Å². The van der Waals surface area contributed by atoms with Gasteiger partial charge in [-0.2, -0.15) is 0 Å². The SMILES string of the molecule is COc1ccccc1O[C@@H]1C[C@@H]2CN(Cc3cc(-c4ccc(C)cc4)no3)C[C@@H]2C[C@H]1O. The summed E-state index contributed by atoms with van der Waals surface area (Å²) in [6.07, 6.45) is 0.905. The van der Waals surface area contributed by atoms with Crippen molar-refractivity contribution in [2.75, 3.05) is 20.2 Å². The highest BCUT2D eigenvalue weighted by Gasteiger charge is 2.43. The molecule has 168 valence electrons. The standard InChI is InChI=1S/C26H30N2O4/c1-17-7-9-18(10-8-17)22-13-21(32-27-22)16-28-14-19-11-23(29)26(12-20(19)15-28)31-25-6-4-3-5-24(25)30-2/h3-10,13,19-20,23,26,29H,11-12,14-16H2,1-2H3/t19-,20+,23+,26+/m0/s1. The molecule has 1 N–H and O–H groups in total. The molecular formula is C26H30N2O4. The average Bonchev–Trinajstić information content (AvgIpc) is 3.41. The summed E-state index contributed by atoms with van der Waals surface area (Å²) in [6, 6.07) is 18.0. The monoisotopic (exact) mass is 434 g/mol. The van der Waals surface area contributed by atoms with Crippen LogP contribution >= 0.6 is 0 Å². The van der Waals surface area contributed by atoms with Crippen LogP contribution in [-0.4, -0.2) is 47.6 Å². The highest BCUT2D eigenvalue weighted by atomic mass is 16.5. The largest absolute Gasteiger partial charge is 0.493 e. The van der Waals surface area contributed by atoms with Crippen LogP contribution in [0.3, 0.4) is 0 Å². The predicted molar refractivity (Wildman–Crippen MR) is 122 cm³/mol. The van der Waals surface area contributed by atoms with Gasteiger partial charge in [0.15, 0.2) is 17.3 Å². The third-order valence-corrected chi connectivity index (χ3v) is 6.79. The Morgan fingerprint density at radius 2 is 1.75 bits per heavy atom. The number of rotatable bonds is 6. The number of methoxy groups -OCH3 is 1. The maximum Gasteiger partial charge on any atom is 0.161 e. The maximum absolute atomic E-state index is 10.8. The first-order valence-electron chi connectivity index (χ1n) is 11.3. The Hall–Kier alpha value is -2.83. The molecule has 2 fully saturated rings. The number of aryl methyl sites for hydroxylation is 1. The average molecular weight is 435 g/mol. The van der Waals surface area contributed by atoms with E-state index in [9.17, 15) is 5.11 Å². The summed E-state index contributed by atoms with van der Waals surface area (Å²) >= 11 is 0. The van der Waals surface area contributed by atoms with Gasteiger partial charge in [-0.3, -0.25) is 4.90 Å². The van der Waals surface area contributed by atoms with E-state index < -0.39 is 6.10 Å². The Morgan fingerprint density at radius 1 is 1.03 bits per heavy atom. The van der Waals surface area contributed by atoms with Gasteiger partial charge in [0.1, 0.15) is 11.8 Å². The van der Waals surface area contributed by atoms with Gasteiger partial charge in [-0.15, -0.1) is 0 Å². The lowest BCUT2D eigenvalue weighted by atomic mass is 9.78. The lowest BCUT2D eigenvalue weighted by Crippen LogP contribution is -2.42. The molecule has 1 saturated carbocycles. The molecule has 0 amide bonds. The molecule has 5 rings (SSSR count). The van der Waals surface area contributed by atoms with Crippen molar-refractivity contribution in [1.29, 1.82) is 0 Å². The third-order valence-electron chi connectivity index (χ3n) is 6.79. The first kappa shape index (κ1) is 21.0. The van der Waals surface area contributed by atoms with Crippen LogP contribution in [0.25, 0.3) is 11.3 Å². The summed E-state index contributed by atoms with van der Waals surface area (Å²) in [5.74, 6) is 3.24. The lowest BCUT2D eigenvalue weighted by molar-refractivity contribution is -0.0240. The summed E-state index contributed by atoms with van der Waals surface area (Å²) in [7, 11) is 1.64. The second kappa shape index (κ2) is 8.96. The summed E-state index contributed by atoms with van der Waals surface area (Å²) in [5.41, 5.74) is 3.17. The summed E-state index contributed by atoms with van der Waals surface area (Å²) < 4.78 is 17.2. The van der Waals surface area contributed by atoms with Gasteiger partial charge in [0.2, 0.25) is 0 Å². The first-order valence-corrected chi connectivity index (χ1v) is 11.3. The number of aromatic nitrogens is 1. The van der Waals surface area contributed by atoms with Crippen molar-refractivity contribution < 1.29 is 19.1 Å². The summed E-state index contributed by atoms with van der Waals surface area (Å²) in [5, 5.41) is 15.0. The fraction of sp³-hybridized carbons (Fsp3) is 0.423. The number of hydrogen-bond acceptors (Lipinski definition) is 6. The van der Waals surface area contributed by atoms with Crippen molar-refractivity contribution in [3.63, 3.8) is 0 Å². The fourth-order valence-electron chi connectivity index (χ4n) is 5.09. The Morgan fingerprint density at radius 3 is 2.50 bits per heavy atom. The number of benzene rings is 2.